The first-order chi connectivity index (χ1) is 19.0. The lowest BCUT2D eigenvalue weighted by Gasteiger charge is -2.32. The number of benzene rings is 3. The molecule has 0 heterocycles. The maximum Gasteiger partial charge on any atom is 0.264 e. The van der Waals surface area contributed by atoms with E-state index in [1.807, 2.05) is 20.8 Å². The molecule has 0 aliphatic rings. The van der Waals surface area contributed by atoms with Gasteiger partial charge in [0.1, 0.15) is 18.3 Å². The molecule has 1 N–H and O–H groups in total. The third-order valence-electron chi connectivity index (χ3n) is 6.56. The molecule has 8 nitrogen and oxygen atoms in total. The number of amides is 2. The second kappa shape index (κ2) is 13.7. The van der Waals surface area contributed by atoms with E-state index in [4.69, 9.17) is 16.3 Å². The number of hydrogen-bond acceptors (Lipinski definition) is 5. The monoisotopic (exact) mass is 585 g/mol. The SMILES string of the molecule is CCCNC(=O)C(C)N(Cc1ccc(OC)cc1)C(=O)CN(c1ccc(C)c(Cl)c1)S(=O)(=O)c1ccc(C)cc1. The Hall–Kier alpha value is -3.56. The lowest BCUT2D eigenvalue weighted by molar-refractivity contribution is -0.139. The number of nitrogens with one attached hydrogen (secondary N) is 1. The molecule has 40 heavy (non-hydrogen) atoms. The zero-order valence-corrected chi connectivity index (χ0v) is 25.1. The second-order valence-corrected chi connectivity index (χ2v) is 11.9. The van der Waals surface area contributed by atoms with E-state index in [-0.39, 0.29) is 23.0 Å². The summed E-state index contributed by atoms with van der Waals surface area (Å²) in [5.41, 5.74) is 2.68. The highest BCUT2D eigenvalue weighted by molar-refractivity contribution is 7.92. The summed E-state index contributed by atoms with van der Waals surface area (Å²) in [6, 6.07) is 17.5. The van der Waals surface area contributed by atoms with Crippen LogP contribution < -0.4 is 14.4 Å². The van der Waals surface area contributed by atoms with Gasteiger partial charge < -0.3 is 15.0 Å². The van der Waals surface area contributed by atoms with Gasteiger partial charge in [-0.3, -0.25) is 13.9 Å². The molecule has 1 atom stereocenters. The molecule has 0 radical (unpaired) electrons. The maximum absolute atomic E-state index is 13.9. The van der Waals surface area contributed by atoms with Gasteiger partial charge in [-0.05, 0) is 74.7 Å². The number of methoxy groups -OCH3 is 1. The number of carbonyl (C=O) groups excluding carboxylic acids is 2. The fourth-order valence-corrected chi connectivity index (χ4v) is 5.59. The number of rotatable bonds is 12. The van der Waals surface area contributed by atoms with Gasteiger partial charge in [0.15, 0.2) is 0 Å². The molecule has 0 aliphatic carbocycles. The first-order valence-corrected chi connectivity index (χ1v) is 14.9. The summed E-state index contributed by atoms with van der Waals surface area (Å²) in [5.74, 6) is -0.209. The van der Waals surface area contributed by atoms with Gasteiger partial charge in [0.25, 0.3) is 10.0 Å². The van der Waals surface area contributed by atoms with Crippen molar-refractivity contribution < 1.29 is 22.7 Å². The van der Waals surface area contributed by atoms with Crippen LogP contribution in [0.15, 0.2) is 71.6 Å². The van der Waals surface area contributed by atoms with Crippen LogP contribution in [0, 0.1) is 13.8 Å². The standard InChI is InChI=1S/C30H36ClN3O5S/c1-6-17-32-30(36)23(4)33(19-24-10-13-26(39-5)14-11-24)29(35)20-34(25-12-9-22(3)28(31)18-25)40(37,38)27-15-7-21(2)8-16-27/h7-16,18,23H,6,17,19-20H2,1-5H3,(H,32,36). The minimum absolute atomic E-state index is 0.0399. The van der Waals surface area contributed by atoms with Crippen molar-refractivity contribution in [2.75, 3.05) is 24.5 Å². The van der Waals surface area contributed by atoms with Crippen molar-refractivity contribution in [1.29, 1.82) is 0 Å². The van der Waals surface area contributed by atoms with E-state index < -0.39 is 28.5 Å². The molecule has 0 aliphatic heterocycles. The summed E-state index contributed by atoms with van der Waals surface area (Å²) >= 11 is 6.37. The molecule has 3 aromatic rings. The summed E-state index contributed by atoms with van der Waals surface area (Å²) in [6.45, 7) is 7.26. The molecule has 0 fully saturated rings. The normalized spacial score (nSPS) is 11.9. The Labute approximate surface area is 241 Å². The summed E-state index contributed by atoms with van der Waals surface area (Å²) < 4.78 is 34.1. The fraction of sp³-hybridized carbons (Fsp3) is 0.333. The van der Waals surface area contributed by atoms with E-state index in [2.05, 4.69) is 5.32 Å². The van der Waals surface area contributed by atoms with Crippen LogP contribution in [0.5, 0.6) is 5.75 Å². The van der Waals surface area contributed by atoms with Gasteiger partial charge in [0, 0.05) is 18.1 Å². The average Bonchev–Trinajstić information content (AvgIpc) is 2.94. The quantitative estimate of drug-likeness (QED) is 0.319. The number of nitrogens with zero attached hydrogens (tertiary/aromatic N) is 2. The minimum Gasteiger partial charge on any atom is -0.497 e. The van der Waals surface area contributed by atoms with Crippen molar-refractivity contribution in [3.05, 3.63) is 88.4 Å². The Morgan fingerprint density at radius 2 is 1.65 bits per heavy atom. The largest absolute Gasteiger partial charge is 0.497 e. The Morgan fingerprint density at radius 1 is 1.00 bits per heavy atom. The number of halogens is 1. The van der Waals surface area contributed by atoms with Crippen LogP contribution in [0.1, 0.15) is 37.0 Å². The lowest BCUT2D eigenvalue weighted by Crippen LogP contribution is -2.51. The Bertz CT molecular complexity index is 1430. The summed E-state index contributed by atoms with van der Waals surface area (Å²) in [4.78, 5) is 28.3. The molecule has 1 unspecified atom stereocenters. The zero-order valence-electron chi connectivity index (χ0n) is 23.5. The van der Waals surface area contributed by atoms with E-state index in [0.717, 1.165) is 27.4 Å². The van der Waals surface area contributed by atoms with Crippen molar-refractivity contribution in [3.8, 4) is 5.75 Å². The second-order valence-electron chi connectivity index (χ2n) is 9.59. The minimum atomic E-state index is -4.16. The third-order valence-corrected chi connectivity index (χ3v) is 8.76. The number of sulfonamides is 1. The van der Waals surface area contributed by atoms with Crippen LogP contribution in [-0.2, 0) is 26.2 Å². The molecular weight excluding hydrogens is 550 g/mol. The molecule has 2 amide bonds. The van der Waals surface area contributed by atoms with E-state index in [1.54, 1.807) is 62.6 Å². The van der Waals surface area contributed by atoms with Crippen molar-refractivity contribution in [1.82, 2.24) is 10.2 Å². The number of aryl methyl sites for hydroxylation is 2. The molecule has 10 heteroatoms. The van der Waals surface area contributed by atoms with Crippen LogP contribution in [0.3, 0.4) is 0 Å². The van der Waals surface area contributed by atoms with Gasteiger partial charge in [-0.1, -0.05) is 54.4 Å². The molecule has 3 aromatic carbocycles. The zero-order chi connectivity index (χ0) is 29.4. The Morgan fingerprint density at radius 3 is 2.23 bits per heavy atom. The molecule has 0 aromatic heterocycles. The highest BCUT2D eigenvalue weighted by Crippen LogP contribution is 2.29. The van der Waals surface area contributed by atoms with Gasteiger partial charge in [-0.15, -0.1) is 0 Å². The van der Waals surface area contributed by atoms with E-state index in [9.17, 15) is 18.0 Å². The molecular formula is C30H36ClN3O5S. The third kappa shape index (κ3) is 7.55. The number of anilines is 1. The number of ether oxygens (including phenoxy) is 1. The summed E-state index contributed by atoms with van der Waals surface area (Å²) in [5, 5.41) is 3.20. The summed E-state index contributed by atoms with van der Waals surface area (Å²) in [6.07, 6.45) is 0.738. The lowest BCUT2D eigenvalue weighted by atomic mass is 10.1. The predicted molar refractivity (Wildman–Crippen MR) is 158 cm³/mol. The van der Waals surface area contributed by atoms with Crippen molar-refractivity contribution in [2.45, 2.75) is 51.6 Å². The van der Waals surface area contributed by atoms with Crippen LogP contribution in [0.2, 0.25) is 5.02 Å². The van der Waals surface area contributed by atoms with E-state index >= 15 is 0 Å². The van der Waals surface area contributed by atoms with Gasteiger partial charge >= 0.3 is 0 Å². The van der Waals surface area contributed by atoms with Gasteiger partial charge in [0.05, 0.1) is 17.7 Å². The first kappa shape index (κ1) is 31.0. The number of hydrogen-bond donors (Lipinski definition) is 1. The predicted octanol–water partition coefficient (Wildman–Crippen LogP) is 5.10. The van der Waals surface area contributed by atoms with Gasteiger partial charge in [-0.25, -0.2) is 8.42 Å². The average molecular weight is 586 g/mol. The molecule has 0 saturated heterocycles. The van der Waals surface area contributed by atoms with E-state index in [0.29, 0.717) is 17.3 Å². The van der Waals surface area contributed by atoms with Crippen molar-refractivity contribution in [2.24, 2.45) is 0 Å². The highest BCUT2D eigenvalue weighted by Gasteiger charge is 2.32. The topological polar surface area (TPSA) is 96.0 Å². The van der Waals surface area contributed by atoms with Crippen LogP contribution in [-0.4, -0.2) is 51.4 Å². The smallest absolute Gasteiger partial charge is 0.264 e. The molecule has 0 spiro atoms. The van der Waals surface area contributed by atoms with Gasteiger partial charge in [-0.2, -0.15) is 0 Å². The van der Waals surface area contributed by atoms with Crippen LogP contribution in [0.25, 0.3) is 0 Å². The van der Waals surface area contributed by atoms with E-state index in [1.165, 1.54) is 23.1 Å². The van der Waals surface area contributed by atoms with Crippen LogP contribution in [0.4, 0.5) is 5.69 Å². The summed E-state index contributed by atoms with van der Waals surface area (Å²) in [7, 11) is -2.60. The molecule has 0 bridgehead atoms. The number of carbonyl (C=O) groups is 2. The molecule has 214 valence electrons. The Kier molecular flexibility index (Phi) is 10.6. The van der Waals surface area contributed by atoms with Crippen LogP contribution >= 0.6 is 11.6 Å². The fourth-order valence-electron chi connectivity index (χ4n) is 4.01. The highest BCUT2D eigenvalue weighted by atomic mass is 35.5. The maximum atomic E-state index is 13.9. The first-order valence-electron chi connectivity index (χ1n) is 13.0. The van der Waals surface area contributed by atoms with Gasteiger partial charge in [0.2, 0.25) is 11.8 Å². The Balaban J connectivity index is 2.03. The molecule has 3 rings (SSSR count). The molecule has 0 saturated carbocycles. The van der Waals surface area contributed by atoms with Crippen molar-refractivity contribution in [3.63, 3.8) is 0 Å². The van der Waals surface area contributed by atoms with Crippen molar-refractivity contribution >= 4 is 39.1 Å².